The molecule has 1 unspecified atom stereocenters. The van der Waals surface area contributed by atoms with Gasteiger partial charge in [-0.15, -0.1) is 0 Å². The summed E-state index contributed by atoms with van der Waals surface area (Å²) < 4.78 is 0. The van der Waals surface area contributed by atoms with Crippen molar-refractivity contribution in [3.8, 4) is 0 Å². The second kappa shape index (κ2) is 6.59. The second-order valence-electron chi connectivity index (χ2n) is 4.14. The van der Waals surface area contributed by atoms with Crippen LogP contribution in [0.5, 0.6) is 0 Å². The van der Waals surface area contributed by atoms with E-state index in [1.165, 1.54) is 5.56 Å². The second-order valence-corrected chi connectivity index (χ2v) is 4.14. The number of likely N-dealkylation sites (N-methyl/N-ethyl adjacent to an activating group) is 1. The number of nitrogens with zero attached hydrogens (tertiary/aromatic N) is 1. The lowest BCUT2D eigenvalue weighted by Gasteiger charge is -2.24. The molecule has 0 spiro atoms. The first-order valence-corrected chi connectivity index (χ1v) is 5.68. The first-order valence-electron chi connectivity index (χ1n) is 5.68. The van der Waals surface area contributed by atoms with E-state index in [0.29, 0.717) is 6.04 Å². The first-order chi connectivity index (χ1) is 7.24. The Morgan fingerprint density at radius 1 is 1.27 bits per heavy atom. The van der Waals surface area contributed by atoms with E-state index in [2.05, 4.69) is 49.2 Å². The highest BCUT2D eigenvalue weighted by Crippen LogP contribution is 2.04. The van der Waals surface area contributed by atoms with Gasteiger partial charge < -0.3 is 10.6 Å². The van der Waals surface area contributed by atoms with E-state index in [9.17, 15) is 0 Å². The molecule has 15 heavy (non-hydrogen) atoms. The van der Waals surface area contributed by atoms with Crippen LogP contribution in [-0.4, -0.2) is 31.1 Å². The molecule has 0 heterocycles. The molecule has 1 rings (SSSR count). The standard InChI is InChI=1S/C13H22N2/c1-12(8-10-14)15(2)11-9-13-6-4-3-5-7-13/h3-7,12H,8-11,14H2,1-2H3. The summed E-state index contributed by atoms with van der Waals surface area (Å²) in [6.45, 7) is 4.11. The zero-order chi connectivity index (χ0) is 11.1. The van der Waals surface area contributed by atoms with E-state index in [1.54, 1.807) is 0 Å². The van der Waals surface area contributed by atoms with Crippen LogP contribution in [-0.2, 0) is 6.42 Å². The van der Waals surface area contributed by atoms with Gasteiger partial charge >= 0.3 is 0 Å². The summed E-state index contributed by atoms with van der Waals surface area (Å²) in [4.78, 5) is 2.37. The molecule has 1 atom stereocenters. The third kappa shape index (κ3) is 4.45. The number of nitrogens with two attached hydrogens (primary N) is 1. The molecule has 0 saturated heterocycles. The van der Waals surface area contributed by atoms with Crippen LogP contribution in [0, 0.1) is 0 Å². The molecule has 0 aliphatic rings. The highest BCUT2D eigenvalue weighted by molar-refractivity contribution is 5.14. The fourth-order valence-electron chi connectivity index (χ4n) is 1.63. The Morgan fingerprint density at radius 2 is 1.93 bits per heavy atom. The minimum atomic E-state index is 0.582. The van der Waals surface area contributed by atoms with Crippen LogP contribution in [0.4, 0.5) is 0 Å². The van der Waals surface area contributed by atoms with Gasteiger partial charge in [0.05, 0.1) is 0 Å². The summed E-state index contributed by atoms with van der Waals surface area (Å²) in [5, 5.41) is 0. The lowest BCUT2D eigenvalue weighted by molar-refractivity contribution is 0.251. The molecule has 0 aliphatic heterocycles. The van der Waals surface area contributed by atoms with Crippen molar-refractivity contribution in [1.29, 1.82) is 0 Å². The maximum atomic E-state index is 5.55. The average molecular weight is 206 g/mol. The van der Waals surface area contributed by atoms with E-state index in [4.69, 9.17) is 5.73 Å². The van der Waals surface area contributed by atoms with Crippen molar-refractivity contribution in [3.63, 3.8) is 0 Å². The molecule has 2 N–H and O–H groups in total. The Kier molecular flexibility index (Phi) is 5.37. The predicted octanol–water partition coefficient (Wildman–Crippen LogP) is 1.90. The van der Waals surface area contributed by atoms with Gasteiger partial charge in [-0.25, -0.2) is 0 Å². The Balaban J connectivity index is 2.31. The Hall–Kier alpha value is -0.860. The fourth-order valence-corrected chi connectivity index (χ4v) is 1.63. The van der Waals surface area contributed by atoms with Gasteiger partial charge in [0.25, 0.3) is 0 Å². The molecule has 0 aromatic heterocycles. The monoisotopic (exact) mass is 206 g/mol. The topological polar surface area (TPSA) is 29.3 Å². The van der Waals surface area contributed by atoms with Crippen LogP contribution < -0.4 is 5.73 Å². The zero-order valence-corrected chi connectivity index (χ0v) is 9.82. The van der Waals surface area contributed by atoms with Gasteiger partial charge in [-0.2, -0.15) is 0 Å². The van der Waals surface area contributed by atoms with Crippen molar-refractivity contribution in [2.75, 3.05) is 20.1 Å². The van der Waals surface area contributed by atoms with E-state index < -0.39 is 0 Å². The quantitative estimate of drug-likeness (QED) is 0.770. The van der Waals surface area contributed by atoms with Crippen LogP contribution in [0.2, 0.25) is 0 Å². The molecule has 0 amide bonds. The maximum Gasteiger partial charge on any atom is 0.00760 e. The molecule has 0 aliphatic carbocycles. The van der Waals surface area contributed by atoms with Gasteiger partial charge in [0.15, 0.2) is 0 Å². The molecule has 84 valence electrons. The Labute approximate surface area is 93.1 Å². The largest absolute Gasteiger partial charge is 0.330 e. The minimum Gasteiger partial charge on any atom is -0.330 e. The van der Waals surface area contributed by atoms with E-state index in [-0.39, 0.29) is 0 Å². The molecular formula is C13H22N2. The summed E-state index contributed by atoms with van der Waals surface area (Å²) in [7, 11) is 2.17. The van der Waals surface area contributed by atoms with Gasteiger partial charge in [-0.1, -0.05) is 30.3 Å². The highest BCUT2D eigenvalue weighted by Gasteiger charge is 2.07. The van der Waals surface area contributed by atoms with Gasteiger partial charge in [0, 0.05) is 12.6 Å². The third-order valence-corrected chi connectivity index (χ3v) is 2.93. The molecule has 2 heteroatoms. The zero-order valence-electron chi connectivity index (χ0n) is 9.82. The lowest BCUT2D eigenvalue weighted by atomic mass is 10.1. The highest BCUT2D eigenvalue weighted by atomic mass is 15.1. The predicted molar refractivity (Wildman–Crippen MR) is 65.9 cm³/mol. The van der Waals surface area contributed by atoms with Gasteiger partial charge in [0.1, 0.15) is 0 Å². The van der Waals surface area contributed by atoms with Crippen molar-refractivity contribution in [2.45, 2.75) is 25.8 Å². The Bertz CT molecular complexity index is 258. The summed E-state index contributed by atoms with van der Waals surface area (Å²) in [5.41, 5.74) is 6.95. The van der Waals surface area contributed by atoms with Gasteiger partial charge in [-0.3, -0.25) is 0 Å². The third-order valence-electron chi connectivity index (χ3n) is 2.93. The first kappa shape index (κ1) is 12.2. The molecule has 0 bridgehead atoms. The molecule has 0 fully saturated rings. The number of rotatable bonds is 6. The van der Waals surface area contributed by atoms with Crippen LogP contribution in [0.25, 0.3) is 0 Å². The van der Waals surface area contributed by atoms with Crippen LogP contribution >= 0.6 is 0 Å². The van der Waals surface area contributed by atoms with Crippen molar-refractivity contribution in [1.82, 2.24) is 4.90 Å². The average Bonchev–Trinajstić information content (AvgIpc) is 2.27. The summed E-state index contributed by atoms with van der Waals surface area (Å²) in [6, 6.07) is 11.2. The van der Waals surface area contributed by atoms with Gasteiger partial charge in [-0.05, 0) is 38.9 Å². The van der Waals surface area contributed by atoms with E-state index >= 15 is 0 Å². The van der Waals surface area contributed by atoms with E-state index in [0.717, 1.165) is 25.9 Å². The molecule has 1 aromatic carbocycles. The van der Waals surface area contributed by atoms with E-state index in [1.807, 2.05) is 0 Å². The molecule has 0 saturated carbocycles. The lowest BCUT2D eigenvalue weighted by Crippen LogP contribution is -2.32. The number of hydrogen-bond donors (Lipinski definition) is 1. The normalized spacial score (nSPS) is 13.1. The molecular weight excluding hydrogens is 184 g/mol. The van der Waals surface area contributed by atoms with Crippen molar-refractivity contribution < 1.29 is 0 Å². The Morgan fingerprint density at radius 3 is 2.53 bits per heavy atom. The number of hydrogen-bond acceptors (Lipinski definition) is 2. The molecule has 2 nitrogen and oxygen atoms in total. The van der Waals surface area contributed by atoms with Crippen LogP contribution in [0.1, 0.15) is 18.9 Å². The summed E-state index contributed by atoms with van der Waals surface area (Å²) in [6.07, 6.45) is 2.19. The maximum absolute atomic E-state index is 5.55. The SMILES string of the molecule is CC(CCN)N(C)CCc1ccccc1. The smallest absolute Gasteiger partial charge is 0.00760 e. The number of benzene rings is 1. The minimum absolute atomic E-state index is 0.582. The van der Waals surface area contributed by atoms with Crippen LogP contribution in [0.15, 0.2) is 30.3 Å². The summed E-state index contributed by atoms with van der Waals surface area (Å²) >= 11 is 0. The van der Waals surface area contributed by atoms with Gasteiger partial charge in [0.2, 0.25) is 0 Å². The van der Waals surface area contributed by atoms with Crippen molar-refractivity contribution >= 4 is 0 Å². The fraction of sp³-hybridized carbons (Fsp3) is 0.538. The molecule has 0 radical (unpaired) electrons. The van der Waals surface area contributed by atoms with Crippen LogP contribution in [0.3, 0.4) is 0 Å². The van der Waals surface area contributed by atoms with Crippen molar-refractivity contribution in [3.05, 3.63) is 35.9 Å². The van der Waals surface area contributed by atoms with Crippen molar-refractivity contribution in [2.24, 2.45) is 5.73 Å². The summed E-state index contributed by atoms with van der Waals surface area (Å²) in [5.74, 6) is 0. The molecule has 1 aromatic rings.